The summed E-state index contributed by atoms with van der Waals surface area (Å²) in [7, 11) is 0. The Kier molecular flexibility index (Phi) is 5.39. The number of anilines is 1. The second-order valence-electron chi connectivity index (χ2n) is 8.51. The molecule has 1 N–H and O–H groups in total. The highest BCUT2D eigenvalue weighted by molar-refractivity contribution is 7.18. The normalized spacial score (nSPS) is 13.2. The molecule has 5 rings (SSSR count). The number of fused-ring (bicyclic) bond motifs is 3. The maximum Gasteiger partial charge on any atom is 0.263 e. The van der Waals surface area contributed by atoms with Gasteiger partial charge >= 0.3 is 0 Å². The zero-order valence-corrected chi connectivity index (χ0v) is 19.1. The lowest BCUT2D eigenvalue weighted by molar-refractivity contribution is -0.116. The van der Waals surface area contributed by atoms with Gasteiger partial charge in [0.1, 0.15) is 17.2 Å². The van der Waals surface area contributed by atoms with Crippen molar-refractivity contribution >= 4 is 33.1 Å². The number of amides is 1. The van der Waals surface area contributed by atoms with Gasteiger partial charge in [-0.25, -0.2) is 4.98 Å². The van der Waals surface area contributed by atoms with Crippen molar-refractivity contribution in [2.45, 2.75) is 46.1 Å². The number of rotatable bonds is 4. The summed E-state index contributed by atoms with van der Waals surface area (Å²) in [5.41, 5.74) is 4.74. The van der Waals surface area contributed by atoms with Gasteiger partial charge in [-0.05, 0) is 68.4 Å². The number of aromatic nitrogens is 2. The molecular weight excluding hydrogens is 418 g/mol. The summed E-state index contributed by atoms with van der Waals surface area (Å²) in [6, 6.07) is 15.6. The smallest absolute Gasteiger partial charge is 0.263 e. The molecule has 0 radical (unpaired) electrons. The molecule has 0 aliphatic heterocycles. The Morgan fingerprint density at radius 1 is 1.06 bits per heavy atom. The van der Waals surface area contributed by atoms with Crippen molar-refractivity contribution in [3.05, 3.63) is 80.5 Å². The molecule has 0 unspecified atom stereocenters. The monoisotopic (exact) mass is 443 g/mol. The van der Waals surface area contributed by atoms with E-state index in [9.17, 15) is 9.59 Å². The van der Waals surface area contributed by atoms with Crippen LogP contribution in [0.1, 0.15) is 34.4 Å². The van der Waals surface area contributed by atoms with Crippen LogP contribution in [0.25, 0.3) is 21.6 Å². The van der Waals surface area contributed by atoms with Gasteiger partial charge in [0.05, 0.1) is 5.39 Å². The molecule has 0 fully saturated rings. The van der Waals surface area contributed by atoms with E-state index in [2.05, 4.69) is 11.4 Å². The van der Waals surface area contributed by atoms with E-state index in [0.717, 1.165) is 58.5 Å². The number of carbonyl (C=O) groups excluding carboxylic acids is 1. The standard InChI is InChI=1S/C26H25N3O2S/c1-16-12-17(2)14-19(13-16)27-22(30)15-29-24(18-8-4-3-5-9-18)28-25-23(26(29)31)20-10-6-7-11-21(20)32-25/h3-5,8-9,12-14H,6-7,10-11,15H2,1-2H3,(H,27,30). The molecule has 2 aromatic heterocycles. The van der Waals surface area contributed by atoms with E-state index in [-0.39, 0.29) is 18.0 Å². The third-order valence-electron chi connectivity index (χ3n) is 5.91. The highest BCUT2D eigenvalue weighted by Crippen LogP contribution is 2.34. The molecule has 1 amide bonds. The van der Waals surface area contributed by atoms with Crippen molar-refractivity contribution in [1.29, 1.82) is 0 Å². The SMILES string of the molecule is Cc1cc(C)cc(NC(=O)Cn2c(-c3ccccc3)nc3sc4c(c3c2=O)CCCC4)c1. The number of nitrogens with zero attached hydrogens (tertiary/aromatic N) is 2. The minimum absolute atomic E-state index is 0.0798. The molecule has 0 bridgehead atoms. The molecule has 0 spiro atoms. The molecule has 0 atom stereocenters. The lowest BCUT2D eigenvalue weighted by atomic mass is 9.97. The lowest BCUT2D eigenvalue weighted by Crippen LogP contribution is -2.30. The Morgan fingerprint density at radius 3 is 2.53 bits per heavy atom. The van der Waals surface area contributed by atoms with Crippen LogP contribution in [0.3, 0.4) is 0 Å². The van der Waals surface area contributed by atoms with Crippen molar-refractivity contribution in [3.8, 4) is 11.4 Å². The molecular formula is C26H25N3O2S. The molecule has 2 aromatic carbocycles. The minimum atomic E-state index is -0.237. The van der Waals surface area contributed by atoms with Gasteiger partial charge in [0, 0.05) is 16.1 Å². The zero-order valence-electron chi connectivity index (χ0n) is 18.3. The van der Waals surface area contributed by atoms with Gasteiger partial charge in [-0.3, -0.25) is 14.2 Å². The highest BCUT2D eigenvalue weighted by Gasteiger charge is 2.23. The Balaban J connectivity index is 1.60. The molecule has 162 valence electrons. The number of aryl methyl sites for hydroxylation is 4. The molecule has 0 saturated carbocycles. The molecule has 2 heterocycles. The third kappa shape index (κ3) is 3.86. The number of nitrogens with one attached hydrogen (secondary N) is 1. The summed E-state index contributed by atoms with van der Waals surface area (Å²) in [5, 5.41) is 3.66. The predicted octanol–water partition coefficient (Wildman–Crippen LogP) is 5.26. The van der Waals surface area contributed by atoms with Gasteiger partial charge in [0.25, 0.3) is 5.56 Å². The van der Waals surface area contributed by atoms with E-state index >= 15 is 0 Å². The van der Waals surface area contributed by atoms with Crippen molar-refractivity contribution < 1.29 is 4.79 Å². The zero-order chi connectivity index (χ0) is 22.2. The first-order valence-corrected chi connectivity index (χ1v) is 11.8. The van der Waals surface area contributed by atoms with Crippen molar-refractivity contribution in [1.82, 2.24) is 9.55 Å². The Bertz CT molecular complexity index is 1370. The lowest BCUT2D eigenvalue weighted by Gasteiger charge is -2.14. The average molecular weight is 444 g/mol. The summed E-state index contributed by atoms with van der Waals surface area (Å²) in [5.74, 6) is 0.303. The molecule has 4 aromatic rings. The van der Waals surface area contributed by atoms with Crippen LogP contribution in [-0.4, -0.2) is 15.5 Å². The highest BCUT2D eigenvalue weighted by atomic mass is 32.1. The first-order chi connectivity index (χ1) is 15.5. The second-order valence-corrected chi connectivity index (χ2v) is 9.59. The quantitative estimate of drug-likeness (QED) is 0.468. The fourth-order valence-electron chi connectivity index (χ4n) is 4.58. The van der Waals surface area contributed by atoms with Crippen LogP contribution in [0.5, 0.6) is 0 Å². The van der Waals surface area contributed by atoms with Crippen molar-refractivity contribution in [2.75, 3.05) is 5.32 Å². The van der Waals surface area contributed by atoms with Crippen LogP contribution >= 0.6 is 11.3 Å². The van der Waals surface area contributed by atoms with Crippen LogP contribution < -0.4 is 10.9 Å². The summed E-state index contributed by atoms with van der Waals surface area (Å²) in [6.07, 6.45) is 4.15. The summed E-state index contributed by atoms with van der Waals surface area (Å²) in [6.45, 7) is 3.92. The van der Waals surface area contributed by atoms with Crippen LogP contribution in [0.15, 0.2) is 53.3 Å². The first-order valence-electron chi connectivity index (χ1n) is 11.0. The maximum atomic E-state index is 13.7. The first kappa shape index (κ1) is 20.6. The van der Waals surface area contributed by atoms with Crippen LogP contribution in [0, 0.1) is 13.8 Å². The molecule has 6 heteroatoms. The van der Waals surface area contributed by atoms with Crippen molar-refractivity contribution in [2.24, 2.45) is 0 Å². The van der Waals surface area contributed by atoms with Gasteiger partial charge in [-0.15, -0.1) is 11.3 Å². The second kappa shape index (κ2) is 8.36. The molecule has 1 aliphatic carbocycles. The van der Waals surface area contributed by atoms with E-state index in [1.807, 2.05) is 56.3 Å². The van der Waals surface area contributed by atoms with Crippen molar-refractivity contribution in [3.63, 3.8) is 0 Å². The van der Waals surface area contributed by atoms with E-state index in [4.69, 9.17) is 4.98 Å². The van der Waals surface area contributed by atoms with Gasteiger partial charge < -0.3 is 5.32 Å². The van der Waals surface area contributed by atoms with E-state index in [1.54, 1.807) is 11.3 Å². The number of thiophene rings is 1. The molecule has 5 nitrogen and oxygen atoms in total. The molecule has 1 aliphatic rings. The minimum Gasteiger partial charge on any atom is -0.325 e. The van der Waals surface area contributed by atoms with Gasteiger partial charge in [-0.1, -0.05) is 36.4 Å². The molecule has 0 saturated heterocycles. The largest absolute Gasteiger partial charge is 0.325 e. The number of hydrogen-bond donors (Lipinski definition) is 1. The average Bonchev–Trinajstić information content (AvgIpc) is 3.14. The topological polar surface area (TPSA) is 64.0 Å². The Morgan fingerprint density at radius 2 is 1.78 bits per heavy atom. The number of hydrogen-bond acceptors (Lipinski definition) is 4. The Hall–Kier alpha value is -3.25. The van der Waals surface area contributed by atoms with E-state index in [1.165, 1.54) is 9.44 Å². The third-order valence-corrected chi connectivity index (χ3v) is 7.10. The summed E-state index contributed by atoms with van der Waals surface area (Å²) in [4.78, 5) is 33.7. The van der Waals surface area contributed by atoms with Gasteiger partial charge in [-0.2, -0.15) is 0 Å². The van der Waals surface area contributed by atoms with Crippen LogP contribution in [0.2, 0.25) is 0 Å². The summed E-state index contributed by atoms with van der Waals surface area (Å²) < 4.78 is 1.54. The maximum absolute atomic E-state index is 13.7. The van der Waals surface area contributed by atoms with Gasteiger partial charge in [0.2, 0.25) is 5.91 Å². The van der Waals surface area contributed by atoms with Crippen LogP contribution in [0.4, 0.5) is 5.69 Å². The molecule has 32 heavy (non-hydrogen) atoms. The summed E-state index contributed by atoms with van der Waals surface area (Å²) >= 11 is 1.63. The number of carbonyl (C=O) groups is 1. The van der Waals surface area contributed by atoms with E-state index in [0.29, 0.717) is 11.2 Å². The fourth-order valence-corrected chi connectivity index (χ4v) is 5.84. The van der Waals surface area contributed by atoms with Gasteiger partial charge in [0.15, 0.2) is 0 Å². The van der Waals surface area contributed by atoms with E-state index < -0.39 is 0 Å². The predicted molar refractivity (Wildman–Crippen MR) is 131 cm³/mol. The van der Waals surface area contributed by atoms with Crippen LogP contribution in [-0.2, 0) is 24.2 Å². The number of benzene rings is 2. The fraction of sp³-hybridized carbons (Fsp3) is 0.269. The Labute approximate surface area is 190 Å².